The summed E-state index contributed by atoms with van der Waals surface area (Å²) < 4.78 is 39.2. The molecule has 0 aliphatic carbocycles. The maximum atomic E-state index is 13.0. The van der Waals surface area contributed by atoms with Gasteiger partial charge in [0, 0.05) is 24.3 Å². The summed E-state index contributed by atoms with van der Waals surface area (Å²) in [7, 11) is -3.87. The third kappa shape index (κ3) is 4.59. The van der Waals surface area contributed by atoms with Gasteiger partial charge in [-0.25, -0.2) is 8.42 Å². The number of nitrogens with zero attached hydrogens (tertiary/aromatic N) is 3. The van der Waals surface area contributed by atoms with Gasteiger partial charge >= 0.3 is 11.8 Å². The fraction of sp³-hybridized carbons (Fsp3) is 0.318. The molecule has 2 aromatic carbocycles. The minimum Gasteiger partial charge on any atom is -0.494 e. The Hall–Kier alpha value is -3.40. The Morgan fingerprint density at radius 1 is 1.16 bits per heavy atom. The summed E-state index contributed by atoms with van der Waals surface area (Å²) in [6.45, 7) is 5.44. The first-order valence-electron chi connectivity index (χ1n) is 10.4. The van der Waals surface area contributed by atoms with Crippen LogP contribution in [0.5, 0.6) is 5.75 Å². The van der Waals surface area contributed by atoms with Gasteiger partial charge in [0.25, 0.3) is 10.0 Å². The van der Waals surface area contributed by atoms with E-state index in [1.54, 1.807) is 48.2 Å². The van der Waals surface area contributed by atoms with Gasteiger partial charge in [-0.05, 0) is 62.6 Å². The van der Waals surface area contributed by atoms with Crippen LogP contribution >= 0.6 is 0 Å². The molecule has 32 heavy (non-hydrogen) atoms. The zero-order chi connectivity index (χ0) is 22.7. The number of rotatable bonds is 7. The van der Waals surface area contributed by atoms with Crippen LogP contribution in [0, 0.1) is 6.92 Å². The van der Waals surface area contributed by atoms with Crippen molar-refractivity contribution in [1.29, 1.82) is 0 Å². The van der Waals surface area contributed by atoms with Crippen molar-refractivity contribution in [3.63, 3.8) is 0 Å². The second kappa shape index (κ2) is 8.99. The SMILES string of the molecule is CCOc1ccc(NS(=O)(=O)c2cc(-c3noc(C(=O)N4CCCC4)n3)ccc2C)cc1. The van der Waals surface area contributed by atoms with Crippen LogP contribution in [-0.2, 0) is 10.0 Å². The number of amides is 1. The normalized spacial score (nSPS) is 13.9. The molecule has 0 saturated carbocycles. The average Bonchev–Trinajstić information content (AvgIpc) is 3.47. The van der Waals surface area contributed by atoms with E-state index in [9.17, 15) is 13.2 Å². The molecule has 1 N–H and O–H groups in total. The lowest BCUT2D eigenvalue weighted by atomic mass is 10.1. The van der Waals surface area contributed by atoms with Gasteiger partial charge in [-0.2, -0.15) is 4.98 Å². The number of carbonyl (C=O) groups is 1. The Balaban J connectivity index is 1.57. The molecule has 0 radical (unpaired) electrons. The highest BCUT2D eigenvalue weighted by molar-refractivity contribution is 7.92. The highest BCUT2D eigenvalue weighted by Gasteiger charge is 2.26. The smallest absolute Gasteiger partial charge is 0.316 e. The van der Waals surface area contributed by atoms with E-state index in [-0.39, 0.29) is 22.5 Å². The second-order valence-corrected chi connectivity index (χ2v) is 9.12. The van der Waals surface area contributed by atoms with Gasteiger partial charge < -0.3 is 14.2 Å². The standard InChI is InChI=1S/C22H24N4O5S/c1-3-30-18-10-8-17(9-11-18)25-32(28,29)19-14-16(7-6-15(19)2)20-23-21(31-24-20)22(27)26-12-4-5-13-26/h6-11,14,25H,3-5,12-13H2,1-2H3. The van der Waals surface area contributed by atoms with Crippen LogP contribution in [0.1, 0.15) is 36.0 Å². The second-order valence-electron chi connectivity index (χ2n) is 7.47. The van der Waals surface area contributed by atoms with Gasteiger partial charge in [0.05, 0.1) is 11.5 Å². The number of anilines is 1. The summed E-state index contributed by atoms with van der Waals surface area (Å²) in [6, 6.07) is 11.5. The number of hydrogen-bond donors (Lipinski definition) is 1. The number of aryl methyl sites for hydroxylation is 1. The predicted molar refractivity (Wildman–Crippen MR) is 118 cm³/mol. The molecule has 2 heterocycles. The molecule has 1 aromatic heterocycles. The Labute approximate surface area is 186 Å². The molecule has 1 amide bonds. The van der Waals surface area contributed by atoms with Crippen molar-refractivity contribution in [2.45, 2.75) is 31.6 Å². The van der Waals surface area contributed by atoms with E-state index in [1.807, 2.05) is 6.92 Å². The third-order valence-corrected chi connectivity index (χ3v) is 6.68. The number of nitrogens with one attached hydrogen (secondary N) is 1. The van der Waals surface area contributed by atoms with E-state index in [0.717, 1.165) is 12.8 Å². The van der Waals surface area contributed by atoms with E-state index in [1.165, 1.54) is 6.07 Å². The molecule has 1 saturated heterocycles. The molecule has 0 unspecified atom stereocenters. The van der Waals surface area contributed by atoms with Crippen molar-refractivity contribution < 1.29 is 22.5 Å². The summed E-state index contributed by atoms with van der Waals surface area (Å²) in [4.78, 5) is 18.4. The van der Waals surface area contributed by atoms with Crippen LogP contribution in [0.15, 0.2) is 51.9 Å². The van der Waals surface area contributed by atoms with E-state index in [2.05, 4.69) is 14.9 Å². The summed E-state index contributed by atoms with van der Waals surface area (Å²) in [5, 5.41) is 3.88. The first-order chi connectivity index (χ1) is 15.4. The van der Waals surface area contributed by atoms with Crippen molar-refractivity contribution in [3.8, 4) is 17.1 Å². The van der Waals surface area contributed by atoms with Crippen LogP contribution in [0.25, 0.3) is 11.4 Å². The fourth-order valence-electron chi connectivity index (χ4n) is 3.51. The molecule has 4 rings (SSSR count). The van der Waals surface area contributed by atoms with Gasteiger partial charge in [-0.1, -0.05) is 17.3 Å². The van der Waals surface area contributed by atoms with E-state index < -0.39 is 10.0 Å². The molecule has 10 heteroatoms. The zero-order valence-electron chi connectivity index (χ0n) is 17.9. The molecule has 1 aliphatic rings. The number of aromatic nitrogens is 2. The maximum Gasteiger partial charge on any atom is 0.316 e. The molecular formula is C22H24N4O5S. The lowest BCUT2D eigenvalue weighted by Gasteiger charge is -2.12. The van der Waals surface area contributed by atoms with Crippen molar-refractivity contribution in [2.24, 2.45) is 0 Å². The van der Waals surface area contributed by atoms with E-state index in [4.69, 9.17) is 9.26 Å². The molecule has 1 aliphatic heterocycles. The van der Waals surface area contributed by atoms with Gasteiger partial charge in [0.15, 0.2) is 0 Å². The minimum absolute atomic E-state index is 0.0844. The average molecular weight is 457 g/mol. The van der Waals surface area contributed by atoms with Gasteiger partial charge in [-0.3, -0.25) is 9.52 Å². The van der Waals surface area contributed by atoms with Gasteiger partial charge in [-0.15, -0.1) is 0 Å². The number of carbonyl (C=O) groups excluding carboxylic acids is 1. The van der Waals surface area contributed by atoms with Crippen LogP contribution in [0.4, 0.5) is 5.69 Å². The number of hydrogen-bond acceptors (Lipinski definition) is 7. The van der Waals surface area contributed by atoms with Crippen LogP contribution in [0.2, 0.25) is 0 Å². The summed E-state index contributed by atoms with van der Waals surface area (Å²) in [5.41, 5.74) is 1.41. The molecular weight excluding hydrogens is 432 g/mol. The highest BCUT2D eigenvalue weighted by Crippen LogP contribution is 2.26. The first-order valence-corrected chi connectivity index (χ1v) is 11.9. The summed E-state index contributed by atoms with van der Waals surface area (Å²) in [6.07, 6.45) is 1.90. The zero-order valence-corrected chi connectivity index (χ0v) is 18.7. The van der Waals surface area contributed by atoms with Crippen LogP contribution in [0.3, 0.4) is 0 Å². The first kappa shape index (κ1) is 21.8. The monoisotopic (exact) mass is 456 g/mol. The minimum atomic E-state index is -3.87. The lowest BCUT2D eigenvalue weighted by molar-refractivity contribution is 0.0743. The highest BCUT2D eigenvalue weighted by atomic mass is 32.2. The Morgan fingerprint density at radius 3 is 2.56 bits per heavy atom. The molecule has 1 fully saturated rings. The molecule has 168 valence electrons. The molecule has 0 atom stereocenters. The maximum absolute atomic E-state index is 13.0. The molecule has 0 bridgehead atoms. The molecule has 3 aromatic rings. The Morgan fingerprint density at radius 2 is 1.88 bits per heavy atom. The predicted octanol–water partition coefficient (Wildman–Crippen LogP) is 3.48. The number of benzene rings is 2. The third-order valence-electron chi connectivity index (χ3n) is 5.16. The van der Waals surface area contributed by atoms with E-state index in [0.29, 0.717) is 42.3 Å². The lowest BCUT2D eigenvalue weighted by Crippen LogP contribution is -2.27. The summed E-state index contributed by atoms with van der Waals surface area (Å²) in [5.74, 6) is 0.410. The number of likely N-dealkylation sites (tertiary alicyclic amines) is 1. The van der Waals surface area contributed by atoms with Crippen LogP contribution in [-0.4, -0.2) is 49.1 Å². The fourth-order valence-corrected chi connectivity index (χ4v) is 4.84. The van der Waals surface area contributed by atoms with Crippen molar-refractivity contribution in [1.82, 2.24) is 15.0 Å². The molecule has 0 spiro atoms. The van der Waals surface area contributed by atoms with Crippen molar-refractivity contribution >= 4 is 21.6 Å². The quantitative estimate of drug-likeness (QED) is 0.579. The Kier molecular flexibility index (Phi) is 6.13. The molecule has 9 nitrogen and oxygen atoms in total. The number of sulfonamides is 1. The largest absolute Gasteiger partial charge is 0.494 e. The summed E-state index contributed by atoms with van der Waals surface area (Å²) >= 11 is 0. The Bertz CT molecular complexity index is 1220. The topological polar surface area (TPSA) is 115 Å². The van der Waals surface area contributed by atoms with Crippen LogP contribution < -0.4 is 9.46 Å². The van der Waals surface area contributed by atoms with Gasteiger partial charge in [0.2, 0.25) is 5.82 Å². The van der Waals surface area contributed by atoms with Crippen molar-refractivity contribution in [2.75, 3.05) is 24.4 Å². The number of ether oxygens (including phenoxy) is 1. The van der Waals surface area contributed by atoms with Gasteiger partial charge in [0.1, 0.15) is 5.75 Å². The van der Waals surface area contributed by atoms with Crippen molar-refractivity contribution in [3.05, 3.63) is 53.9 Å². The van der Waals surface area contributed by atoms with E-state index >= 15 is 0 Å².